The molecule has 92 valence electrons. The number of aliphatic carboxylic acids is 1. The standard InChI is InChI=1S/C10H17NO4S/c12-9(13)10(5-3-6-11-10)8-4-1-2-7-16(8,14)15/h8,11H,1-7H2,(H,12,13). The maximum atomic E-state index is 12.0. The van der Waals surface area contributed by atoms with Gasteiger partial charge in [-0.2, -0.15) is 0 Å². The third-order valence-corrected chi connectivity index (χ3v) is 6.06. The Hall–Kier alpha value is -0.620. The smallest absolute Gasteiger partial charge is 0.325 e. The van der Waals surface area contributed by atoms with Gasteiger partial charge in [0.05, 0.1) is 11.0 Å². The van der Waals surface area contributed by atoms with E-state index in [2.05, 4.69) is 5.32 Å². The van der Waals surface area contributed by atoms with Gasteiger partial charge in [-0.05, 0) is 32.2 Å². The summed E-state index contributed by atoms with van der Waals surface area (Å²) >= 11 is 0. The van der Waals surface area contributed by atoms with Crippen LogP contribution >= 0.6 is 0 Å². The molecule has 0 radical (unpaired) electrons. The number of hydrogen-bond donors (Lipinski definition) is 2. The zero-order valence-electron chi connectivity index (χ0n) is 9.11. The zero-order chi connectivity index (χ0) is 11.8. The first-order valence-electron chi connectivity index (χ1n) is 5.69. The van der Waals surface area contributed by atoms with Crippen LogP contribution < -0.4 is 5.32 Å². The summed E-state index contributed by atoms with van der Waals surface area (Å²) < 4.78 is 24.0. The Kier molecular flexibility index (Phi) is 2.96. The number of carboxylic acids is 1. The van der Waals surface area contributed by atoms with Crippen LogP contribution in [0.2, 0.25) is 0 Å². The number of hydrogen-bond acceptors (Lipinski definition) is 4. The highest BCUT2D eigenvalue weighted by Gasteiger charge is 2.53. The molecule has 0 aromatic carbocycles. The highest BCUT2D eigenvalue weighted by Crippen LogP contribution is 2.34. The Morgan fingerprint density at radius 2 is 2.06 bits per heavy atom. The second-order valence-corrected chi connectivity index (χ2v) is 6.96. The summed E-state index contributed by atoms with van der Waals surface area (Å²) in [5, 5.41) is 11.5. The fraction of sp³-hybridized carbons (Fsp3) is 0.900. The van der Waals surface area contributed by atoms with E-state index in [9.17, 15) is 18.3 Å². The summed E-state index contributed by atoms with van der Waals surface area (Å²) in [5.74, 6) is -0.880. The zero-order valence-corrected chi connectivity index (χ0v) is 9.92. The van der Waals surface area contributed by atoms with E-state index in [0.717, 1.165) is 12.8 Å². The van der Waals surface area contributed by atoms with Crippen molar-refractivity contribution in [3.63, 3.8) is 0 Å². The van der Waals surface area contributed by atoms with E-state index >= 15 is 0 Å². The first-order chi connectivity index (χ1) is 7.49. The van der Waals surface area contributed by atoms with Crippen LogP contribution in [0.15, 0.2) is 0 Å². The number of carbonyl (C=O) groups is 1. The number of nitrogens with one attached hydrogen (secondary N) is 1. The van der Waals surface area contributed by atoms with Gasteiger partial charge >= 0.3 is 5.97 Å². The highest BCUT2D eigenvalue weighted by atomic mass is 32.2. The molecule has 0 aromatic rings. The molecule has 5 nitrogen and oxygen atoms in total. The summed E-state index contributed by atoms with van der Waals surface area (Å²) in [4.78, 5) is 11.4. The number of sulfone groups is 1. The molecule has 2 atom stereocenters. The first kappa shape index (κ1) is 11.9. The predicted molar refractivity (Wildman–Crippen MR) is 59.0 cm³/mol. The lowest BCUT2D eigenvalue weighted by molar-refractivity contribution is -0.144. The van der Waals surface area contributed by atoms with Crippen LogP contribution in [-0.2, 0) is 14.6 Å². The number of carboxylic acid groups (broad SMARTS) is 1. The molecule has 6 heteroatoms. The Labute approximate surface area is 95.1 Å². The molecular formula is C10H17NO4S. The largest absolute Gasteiger partial charge is 0.480 e. The molecular weight excluding hydrogens is 230 g/mol. The minimum Gasteiger partial charge on any atom is -0.480 e. The van der Waals surface area contributed by atoms with E-state index in [4.69, 9.17) is 0 Å². The van der Waals surface area contributed by atoms with Crippen molar-refractivity contribution in [2.45, 2.75) is 42.9 Å². The molecule has 16 heavy (non-hydrogen) atoms. The van der Waals surface area contributed by atoms with Crippen LogP contribution in [0, 0.1) is 0 Å². The van der Waals surface area contributed by atoms with Gasteiger partial charge < -0.3 is 10.4 Å². The summed E-state index contributed by atoms with van der Waals surface area (Å²) in [5.41, 5.74) is -1.22. The van der Waals surface area contributed by atoms with Crippen molar-refractivity contribution in [2.75, 3.05) is 12.3 Å². The van der Waals surface area contributed by atoms with Gasteiger partial charge in [0, 0.05) is 0 Å². The average Bonchev–Trinajstić information content (AvgIpc) is 2.66. The van der Waals surface area contributed by atoms with Gasteiger partial charge in [0.2, 0.25) is 0 Å². The fourth-order valence-electron chi connectivity index (χ4n) is 2.87. The van der Waals surface area contributed by atoms with E-state index in [1.807, 2.05) is 0 Å². The van der Waals surface area contributed by atoms with Crippen LogP contribution in [0.1, 0.15) is 32.1 Å². The molecule has 0 aliphatic carbocycles. The van der Waals surface area contributed by atoms with Gasteiger partial charge in [-0.1, -0.05) is 6.42 Å². The van der Waals surface area contributed by atoms with Crippen molar-refractivity contribution in [2.24, 2.45) is 0 Å². The lowest BCUT2D eigenvalue weighted by Crippen LogP contribution is -2.60. The second kappa shape index (κ2) is 4.00. The second-order valence-electron chi connectivity index (χ2n) is 4.66. The van der Waals surface area contributed by atoms with Crippen molar-refractivity contribution < 1.29 is 18.3 Å². The molecule has 0 saturated carbocycles. The predicted octanol–water partition coefficient (Wildman–Crippen LogP) is 0.160. The average molecular weight is 247 g/mol. The van der Waals surface area contributed by atoms with Crippen molar-refractivity contribution in [1.82, 2.24) is 5.32 Å². The topological polar surface area (TPSA) is 83.5 Å². The molecule has 0 spiro atoms. The molecule has 2 rings (SSSR count). The van der Waals surface area contributed by atoms with Crippen LogP contribution in [-0.4, -0.2) is 42.6 Å². The Balaban J connectivity index is 2.36. The van der Waals surface area contributed by atoms with Crippen molar-refractivity contribution in [3.8, 4) is 0 Å². The van der Waals surface area contributed by atoms with Crippen molar-refractivity contribution in [3.05, 3.63) is 0 Å². The van der Waals surface area contributed by atoms with E-state index < -0.39 is 26.6 Å². The van der Waals surface area contributed by atoms with E-state index in [1.54, 1.807) is 0 Å². The van der Waals surface area contributed by atoms with Crippen molar-refractivity contribution in [1.29, 1.82) is 0 Å². The molecule has 2 unspecified atom stereocenters. The minimum atomic E-state index is -3.25. The lowest BCUT2D eigenvalue weighted by Gasteiger charge is -2.35. The van der Waals surface area contributed by atoms with Gasteiger partial charge in [-0.25, -0.2) is 8.42 Å². The summed E-state index contributed by atoms with van der Waals surface area (Å²) in [7, 11) is -3.25. The SMILES string of the molecule is O=C(O)C1(C2CCCCS2(=O)=O)CCCN1. The minimum absolute atomic E-state index is 0.133. The third kappa shape index (κ3) is 1.73. The molecule has 0 amide bonds. The van der Waals surface area contributed by atoms with Crippen LogP contribution in [0.25, 0.3) is 0 Å². The van der Waals surface area contributed by atoms with Crippen LogP contribution in [0.3, 0.4) is 0 Å². The van der Waals surface area contributed by atoms with E-state index in [-0.39, 0.29) is 5.75 Å². The van der Waals surface area contributed by atoms with Crippen LogP contribution in [0.4, 0.5) is 0 Å². The normalized spacial score (nSPS) is 38.4. The molecule has 0 bridgehead atoms. The molecule has 2 heterocycles. The highest BCUT2D eigenvalue weighted by molar-refractivity contribution is 7.92. The summed E-state index contributed by atoms with van der Waals surface area (Å²) in [6.45, 7) is 0.596. The first-order valence-corrected chi connectivity index (χ1v) is 7.40. The van der Waals surface area contributed by atoms with Gasteiger partial charge in [0.15, 0.2) is 9.84 Å². The third-order valence-electron chi connectivity index (χ3n) is 3.70. The quantitative estimate of drug-likeness (QED) is 0.726. The molecule has 0 aromatic heterocycles. The van der Waals surface area contributed by atoms with E-state index in [0.29, 0.717) is 25.8 Å². The molecule has 2 fully saturated rings. The maximum Gasteiger partial charge on any atom is 0.325 e. The van der Waals surface area contributed by atoms with E-state index in [1.165, 1.54) is 0 Å². The summed E-state index contributed by atoms with van der Waals surface area (Å²) in [6, 6.07) is 0. The fourth-order valence-corrected chi connectivity index (χ4v) is 5.20. The lowest BCUT2D eigenvalue weighted by atomic mass is 9.90. The van der Waals surface area contributed by atoms with Crippen molar-refractivity contribution >= 4 is 15.8 Å². The Bertz CT molecular complexity index is 384. The van der Waals surface area contributed by atoms with Gasteiger partial charge in [-0.3, -0.25) is 4.79 Å². The maximum absolute atomic E-state index is 12.0. The monoisotopic (exact) mass is 247 g/mol. The Morgan fingerprint density at radius 3 is 2.56 bits per heavy atom. The molecule has 2 N–H and O–H groups in total. The van der Waals surface area contributed by atoms with Gasteiger partial charge in [0.25, 0.3) is 0 Å². The van der Waals surface area contributed by atoms with Crippen LogP contribution in [0.5, 0.6) is 0 Å². The summed E-state index contributed by atoms with van der Waals surface area (Å²) in [6.07, 6.45) is 3.10. The van der Waals surface area contributed by atoms with Gasteiger partial charge in [0.1, 0.15) is 5.54 Å². The number of rotatable bonds is 2. The molecule has 2 aliphatic rings. The van der Waals surface area contributed by atoms with Gasteiger partial charge in [-0.15, -0.1) is 0 Å². The molecule has 2 saturated heterocycles. The Morgan fingerprint density at radius 1 is 1.31 bits per heavy atom. The molecule has 2 aliphatic heterocycles.